The lowest BCUT2D eigenvalue weighted by molar-refractivity contribution is -0.0706. The molecule has 0 aliphatic heterocycles. The SMILES string of the molecule is OC(Cc1ccco1)C1(O)CCCC1. The minimum absolute atomic E-state index is 0.406. The molecular formula is C11H16O3. The van der Waals surface area contributed by atoms with Crippen LogP contribution in [0.4, 0.5) is 0 Å². The first kappa shape index (κ1) is 9.74. The van der Waals surface area contributed by atoms with Crippen molar-refractivity contribution in [1.82, 2.24) is 0 Å². The Bertz CT molecular complexity index is 273. The normalized spacial score (nSPS) is 22.4. The van der Waals surface area contributed by atoms with Crippen LogP contribution in [-0.2, 0) is 6.42 Å². The lowest BCUT2D eigenvalue weighted by Gasteiger charge is -2.27. The summed E-state index contributed by atoms with van der Waals surface area (Å²) in [5, 5.41) is 19.9. The van der Waals surface area contributed by atoms with E-state index in [0.717, 1.165) is 18.6 Å². The van der Waals surface area contributed by atoms with E-state index in [1.54, 1.807) is 12.3 Å². The predicted octanol–water partition coefficient (Wildman–Crippen LogP) is 1.49. The third-order valence-electron chi connectivity index (χ3n) is 3.06. The summed E-state index contributed by atoms with van der Waals surface area (Å²) in [4.78, 5) is 0. The van der Waals surface area contributed by atoms with Gasteiger partial charge in [-0.2, -0.15) is 0 Å². The van der Waals surface area contributed by atoms with Gasteiger partial charge in [-0.15, -0.1) is 0 Å². The standard InChI is InChI=1S/C11H16O3/c12-10(8-9-4-3-7-14-9)11(13)5-1-2-6-11/h3-4,7,10,12-13H,1-2,5-6,8H2. The average molecular weight is 196 g/mol. The van der Waals surface area contributed by atoms with E-state index in [9.17, 15) is 10.2 Å². The highest BCUT2D eigenvalue weighted by Crippen LogP contribution is 2.33. The van der Waals surface area contributed by atoms with E-state index < -0.39 is 11.7 Å². The molecule has 1 atom stereocenters. The van der Waals surface area contributed by atoms with Gasteiger partial charge in [0.25, 0.3) is 0 Å². The second-order valence-electron chi connectivity index (χ2n) is 4.11. The molecule has 1 aliphatic carbocycles. The van der Waals surface area contributed by atoms with Crippen molar-refractivity contribution >= 4 is 0 Å². The van der Waals surface area contributed by atoms with E-state index in [4.69, 9.17) is 4.42 Å². The molecule has 78 valence electrons. The topological polar surface area (TPSA) is 53.6 Å². The van der Waals surface area contributed by atoms with E-state index in [0.29, 0.717) is 19.3 Å². The van der Waals surface area contributed by atoms with Gasteiger partial charge in [-0.1, -0.05) is 12.8 Å². The van der Waals surface area contributed by atoms with Crippen LogP contribution in [0, 0.1) is 0 Å². The summed E-state index contributed by atoms with van der Waals surface area (Å²) < 4.78 is 5.14. The van der Waals surface area contributed by atoms with Crippen molar-refractivity contribution in [3.63, 3.8) is 0 Å². The highest BCUT2D eigenvalue weighted by Gasteiger charge is 2.38. The first-order valence-corrected chi connectivity index (χ1v) is 5.13. The zero-order chi connectivity index (χ0) is 10.0. The molecule has 3 nitrogen and oxygen atoms in total. The molecule has 1 aromatic rings. The highest BCUT2D eigenvalue weighted by atomic mass is 16.3. The molecule has 2 N–H and O–H groups in total. The number of rotatable bonds is 3. The number of hydrogen-bond donors (Lipinski definition) is 2. The van der Waals surface area contributed by atoms with Crippen LogP contribution in [-0.4, -0.2) is 21.9 Å². The summed E-state index contributed by atoms with van der Waals surface area (Å²) in [7, 11) is 0. The Kier molecular flexibility index (Phi) is 2.61. The molecule has 0 aromatic carbocycles. The third kappa shape index (κ3) is 1.83. The van der Waals surface area contributed by atoms with Crippen LogP contribution in [0.25, 0.3) is 0 Å². The smallest absolute Gasteiger partial charge is 0.106 e. The van der Waals surface area contributed by atoms with Gasteiger partial charge in [0.15, 0.2) is 0 Å². The molecule has 1 aliphatic rings. The Morgan fingerprint density at radius 2 is 2.14 bits per heavy atom. The molecular weight excluding hydrogens is 180 g/mol. The van der Waals surface area contributed by atoms with Crippen LogP contribution in [0.1, 0.15) is 31.4 Å². The van der Waals surface area contributed by atoms with Crippen LogP contribution >= 0.6 is 0 Å². The first-order valence-electron chi connectivity index (χ1n) is 5.13. The van der Waals surface area contributed by atoms with Crippen LogP contribution in [0.15, 0.2) is 22.8 Å². The fourth-order valence-corrected chi connectivity index (χ4v) is 2.13. The molecule has 0 radical (unpaired) electrons. The molecule has 0 spiro atoms. The van der Waals surface area contributed by atoms with Crippen molar-refractivity contribution in [3.8, 4) is 0 Å². The van der Waals surface area contributed by atoms with Gasteiger partial charge >= 0.3 is 0 Å². The van der Waals surface area contributed by atoms with Gasteiger partial charge in [0.05, 0.1) is 18.0 Å². The van der Waals surface area contributed by atoms with E-state index >= 15 is 0 Å². The van der Waals surface area contributed by atoms with Crippen molar-refractivity contribution < 1.29 is 14.6 Å². The van der Waals surface area contributed by atoms with Gasteiger partial charge in [0.2, 0.25) is 0 Å². The van der Waals surface area contributed by atoms with Gasteiger partial charge in [-0.3, -0.25) is 0 Å². The third-order valence-corrected chi connectivity index (χ3v) is 3.06. The average Bonchev–Trinajstić information content (AvgIpc) is 2.76. The van der Waals surface area contributed by atoms with Crippen molar-refractivity contribution in [2.75, 3.05) is 0 Å². The predicted molar refractivity (Wildman–Crippen MR) is 51.8 cm³/mol. The summed E-state index contributed by atoms with van der Waals surface area (Å²) in [6, 6.07) is 3.61. The minimum Gasteiger partial charge on any atom is -0.469 e. The molecule has 1 saturated carbocycles. The number of furan rings is 1. The molecule has 1 heterocycles. The van der Waals surface area contributed by atoms with Crippen LogP contribution in [0.2, 0.25) is 0 Å². The van der Waals surface area contributed by atoms with E-state index in [1.165, 1.54) is 0 Å². The van der Waals surface area contributed by atoms with Crippen molar-refractivity contribution in [2.24, 2.45) is 0 Å². The fourth-order valence-electron chi connectivity index (χ4n) is 2.13. The van der Waals surface area contributed by atoms with Gasteiger partial charge < -0.3 is 14.6 Å². The largest absolute Gasteiger partial charge is 0.469 e. The van der Waals surface area contributed by atoms with Gasteiger partial charge in [-0.25, -0.2) is 0 Å². The summed E-state index contributed by atoms with van der Waals surface area (Å²) >= 11 is 0. The Balaban J connectivity index is 1.98. The number of aliphatic hydroxyl groups is 2. The van der Waals surface area contributed by atoms with Crippen LogP contribution < -0.4 is 0 Å². The second-order valence-corrected chi connectivity index (χ2v) is 4.11. The Hall–Kier alpha value is -0.800. The van der Waals surface area contributed by atoms with Crippen LogP contribution in [0.5, 0.6) is 0 Å². The first-order chi connectivity index (χ1) is 6.71. The fraction of sp³-hybridized carbons (Fsp3) is 0.636. The quantitative estimate of drug-likeness (QED) is 0.770. The summed E-state index contributed by atoms with van der Waals surface area (Å²) in [6.07, 6.45) is 4.71. The summed E-state index contributed by atoms with van der Waals surface area (Å²) in [5.41, 5.74) is -0.882. The maximum absolute atomic E-state index is 10.1. The van der Waals surface area contributed by atoms with Crippen LogP contribution in [0.3, 0.4) is 0 Å². The van der Waals surface area contributed by atoms with Gasteiger partial charge in [-0.05, 0) is 25.0 Å². The Morgan fingerprint density at radius 3 is 2.71 bits per heavy atom. The zero-order valence-electron chi connectivity index (χ0n) is 8.15. The highest BCUT2D eigenvalue weighted by molar-refractivity contribution is 5.03. The maximum Gasteiger partial charge on any atom is 0.106 e. The lowest BCUT2D eigenvalue weighted by atomic mass is 9.92. The van der Waals surface area contributed by atoms with Gasteiger partial charge in [0.1, 0.15) is 5.76 Å². The number of aliphatic hydroxyl groups excluding tert-OH is 1. The van der Waals surface area contributed by atoms with Crippen molar-refractivity contribution in [2.45, 2.75) is 43.8 Å². The molecule has 2 rings (SSSR count). The van der Waals surface area contributed by atoms with E-state index in [1.807, 2.05) is 6.07 Å². The van der Waals surface area contributed by atoms with Gasteiger partial charge in [0, 0.05) is 6.42 Å². The monoisotopic (exact) mass is 196 g/mol. The minimum atomic E-state index is -0.882. The van der Waals surface area contributed by atoms with Crippen molar-refractivity contribution in [3.05, 3.63) is 24.2 Å². The summed E-state index contributed by atoms with van der Waals surface area (Å²) in [5.74, 6) is 0.734. The molecule has 3 heteroatoms. The lowest BCUT2D eigenvalue weighted by Crippen LogP contribution is -2.40. The Labute approximate surface area is 83.4 Å². The van der Waals surface area contributed by atoms with Crippen molar-refractivity contribution in [1.29, 1.82) is 0 Å². The maximum atomic E-state index is 10.1. The molecule has 1 fully saturated rings. The van der Waals surface area contributed by atoms with E-state index in [2.05, 4.69) is 0 Å². The van der Waals surface area contributed by atoms with E-state index in [-0.39, 0.29) is 0 Å². The molecule has 0 bridgehead atoms. The number of hydrogen-bond acceptors (Lipinski definition) is 3. The molecule has 14 heavy (non-hydrogen) atoms. The molecule has 0 amide bonds. The second kappa shape index (κ2) is 3.75. The zero-order valence-corrected chi connectivity index (χ0v) is 8.15. The molecule has 1 unspecified atom stereocenters. The summed E-state index contributed by atoms with van der Waals surface area (Å²) in [6.45, 7) is 0. The molecule has 1 aromatic heterocycles. The molecule has 0 saturated heterocycles. The Morgan fingerprint density at radius 1 is 1.43 bits per heavy atom.